The molecule has 1 atom stereocenters. The van der Waals surface area contributed by atoms with Crippen LogP contribution in [0, 0.1) is 11.8 Å². The van der Waals surface area contributed by atoms with Gasteiger partial charge < -0.3 is 10.2 Å². The van der Waals surface area contributed by atoms with Crippen molar-refractivity contribution in [1.29, 1.82) is 0 Å². The fourth-order valence-corrected chi connectivity index (χ4v) is 3.82. The molecular formula is C22H31N3O. The topological polar surface area (TPSA) is 45.2 Å². The van der Waals surface area contributed by atoms with E-state index in [-0.39, 0.29) is 5.91 Å². The van der Waals surface area contributed by atoms with Gasteiger partial charge in [0.25, 0.3) is 5.91 Å². The van der Waals surface area contributed by atoms with E-state index in [0.29, 0.717) is 11.8 Å². The predicted octanol–water partition coefficient (Wildman–Crippen LogP) is 4.64. The number of nitrogens with one attached hydrogen (secondary N) is 1. The Labute approximate surface area is 157 Å². The number of carbonyl (C=O) groups is 1. The molecule has 0 radical (unpaired) electrons. The number of nitrogens with zero attached hydrogens (tertiary/aromatic N) is 2. The zero-order chi connectivity index (χ0) is 18.5. The van der Waals surface area contributed by atoms with Gasteiger partial charge in [-0.05, 0) is 36.8 Å². The Kier molecular flexibility index (Phi) is 6.12. The molecule has 1 aromatic carbocycles. The van der Waals surface area contributed by atoms with E-state index < -0.39 is 0 Å². The van der Waals surface area contributed by atoms with Crippen LogP contribution in [0.25, 0.3) is 10.9 Å². The highest BCUT2D eigenvalue weighted by Gasteiger charge is 2.21. The molecule has 1 amide bonds. The zero-order valence-electron chi connectivity index (χ0n) is 16.3. The highest BCUT2D eigenvalue weighted by molar-refractivity contribution is 6.07. The molecule has 1 saturated heterocycles. The van der Waals surface area contributed by atoms with Crippen LogP contribution in [0.15, 0.2) is 30.3 Å². The van der Waals surface area contributed by atoms with Crippen LogP contribution in [0.3, 0.4) is 0 Å². The van der Waals surface area contributed by atoms with Gasteiger partial charge in [-0.15, -0.1) is 0 Å². The van der Waals surface area contributed by atoms with Crippen molar-refractivity contribution in [2.75, 3.05) is 24.5 Å². The van der Waals surface area contributed by atoms with E-state index in [0.717, 1.165) is 54.8 Å². The fraction of sp³-hybridized carbons (Fsp3) is 0.545. The Hall–Kier alpha value is -2.10. The molecule has 0 saturated carbocycles. The van der Waals surface area contributed by atoms with Crippen molar-refractivity contribution in [3.05, 3.63) is 35.9 Å². The number of anilines is 1. The minimum absolute atomic E-state index is 0.0156. The second kappa shape index (κ2) is 8.52. The van der Waals surface area contributed by atoms with Crippen LogP contribution in [-0.2, 0) is 0 Å². The molecular weight excluding hydrogens is 322 g/mol. The summed E-state index contributed by atoms with van der Waals surface area (Å²) in [6.45, 7) is 9.41. The molecule has 0 spiro atoms. The Bertz CT molecular complexity index is 754. The number of hydrogen-bond donors (Lipinski definition) is 1. The van der Waals surface area contributed by atoms with Crippen molar-refractivity contribution in [3.63, 3.8) is 0 Å². The van der Waals surface area contributed by atoms with Gasteiger partial charge in [-0.3, -0.25) is 4.79 Å². The Morgan fingerprint density at radius 2 is 2.08 bits per heavy atom. The third-order valence-corrected chi connectivity index (χ3v) is 5.63. The lowest BCUT2D eigenvalue weighted by molar-refractivity contribution is 0.0948. The van der Waals surface area contributed by atoms with Gasteiger partial charge in [0, 0.05) is 25.0 Å². The number of piperidine rings is 1. The van der Waals surface area contributed by atoms with E-state index in [4.69, 9.17) is 4.98 Å². The molecule has 26 heavy (non-hydrogen) atoms. The van der Waals surface area contributed by atoms with Gasteiger partial charge in [0.1, 0.15) is 5.82 Å². The van der Waals surface area contributed by atoms with Crippen molar-refractivity contribution >= 4 is 22.6 Å². The second-order valence-corrected chi connectivity index (χ2v) is 7.63. The normalized spacial score (nSPS) is 17.7. The smallest absolute Gasteiger partial charge is 0.252 e. The van der Waals surface area contributed by atoms with Gasteiger partial charge in [-0.2, -0.15) is 0 Å². The number of pyridine rings is 1. The van der Waals surface area contributed by atoms with E-state index in [1.165, 1.54) is 12.8 Å². The third kappa shape index (κ3) is 4.17. The summed E-state index contributed by atoms with van der Waals surface area (Å²) in [5, 5.41) is 4.08. The van der Waals surface area contributed by atoms with E-state index >= 15 is 0 Å². The molecule has 1 unspecified atom stereocenters. The molecule has 1 aliphatic heterocycles. The maximum Gasteiger partial charge on any atom is 0.252 e. The summed E-state index contributed by atoms with van der Waals surface area (Å²) in [4.78, 5) is 20.1. The van der Waals surface area contributed by atoms with Crippen molar-refractivity contribution in [1.82, 2.24) is 10.3 Å². The monoisotopic (exact) mass is 353 g/mol. The van der Waals surface area contributed by atoms with Crippen LogP contribution in [0.2, 0.25) is 0 Å². The Morgan fingerprint density at radius 3 is 2.81 bits per heavy atom. The van der Waals surface area contributed by atoms with E-state index in [1.54, 1.807) is 0 Å². The Morgan fingerprint density at radius 1 is 1.31 bits per heavy atom. The average Bonchev–Trinajstić information content (AvgIpc) is 2.67. The van der Waals surface area contributed by atoms with Gasteiger partial charge in [0.2, 0.25) is 0 Å². The van der Waals surface area contributed by atoms with Crippen LogP contribution in [-0.4, -0.2) is 30.5 Å². The number of para-hydroxylation sites is 1. The summed E-state index contributed by atoms with van der Waals surface area (Å²) in [6, 6.07) is 9.96. The highest BCUT2D eigenvalue weighted by atomic mass is 16.1. The maximum atomic E-state index is 12.9. The second-order valence-electron chi connectivity index (χ2n) is 7.63. The van der Waals surface area contributed by atoms with Crippen molar-refractivity contribution in [3.8, 4) is 0 Å². The maximum absolute atomic E-state index is 12.9. The molecule has 140 valence electrons. The van der Waals surface area contributed by atoms with Gasteiger partial charge in [0.05, 0.1) is 11.1 Å². The first-order chi connectivity index (χ1) is 12.6. The number of fused-ring (bicyclic) bond motifs is 1. The molecule has 1 aromatic heterocycles. The summed E-state index contributed by atoms with van der Waals surface area (Å²) in [5.41, 5.74) is 1.64. The molecule has 2 aromatic rings. The van der Waals surface area contributed by atoms with Gasteiger partial charge >= 0.3 is 0 Å². The SMILES string of the molecule is CCC(CC)CNC(=O)c1cc(N2CCCC(C)C2)nc2ccccc12. The lowest BCUT2D eigenvalue weighted by Crippen LogP contribution is -2.35. The summed E-state index contributed by atoms with van der Waals surface area (Å²) in [5.74, 6) is 2.16. The van der Waals surface area contributed by atoms with E-state index in [9.17, 15) is 4.79 Å². The number of rotatable bonds is 6. The third-order valence-electron chi connectivity index (χ3n) is 5.63. The molecule has 3 rings (SSSR count). The first-order valence-corrected chi connectivity index (χ1v) is 10.0. The van der Waals surface area contributed by atoms with Gasteiger partial charge in [-0.25, -0.2) is 4.98 Å². The molecule has 0 bridgehead atoms. The zero-order valence-corrected chi connectivity index (χ0v) is 16.3. The molecule has 4 nitrogen and oxygen atoms in total. The van der Waals surface area contributed by atoms with Gasteiger partial charge in [-0.1, -0.05) is 51.8 Å². The molecule has 2 heterocycles. The van der Waals surface area contributed by atoms with Crippen molar-refractivity contribution < 1.29 is 4.79 Å². The Balaban J connectivity index is 1.91. The molecule has 1 fully saturated rings. The van der Waals surface area contributed by atoms with Crippen molar-refractivity contribution in [2.45, 2.75) is 46.5 Å². The van der Waals surface area contributed by atoms with Crippen LogP contribution in [0.5, 0.6) is 0 Å². The van der Waals surface area contributed by atoms with Crippen LogP contribution >= 0.6 is 0 Å². The fourth-order valence-electron chi connectivity index (χ4n) is 3.82. The number of amides is 1. The first kappa shape index (κ1) is 18.7. The van der Waals surface area contributed by atoms with Crippen LogP contribution < -0.4 is 10.2 Å². The largest absolute Gasteiger partial charge is 0.356 e. The average molecular weight is 354 g/mol. The molecule has 1 aliphatic rings. The summed E-state index contributed by atoms with van der Waals surface area (Å²) >= 11 is 0. The summed E-state index contributed by atoms with van der Waals surface area (Å²) in [6.07, 6.45) is 4.63. The molecule has 0 aliphatic carbocycles. The quantitative estimate of drug-likeness (QED) is 0.823. The molecule has 4 heteroatoms. The standard InChI is InChI=1S/C22H31N3O/c1-4-17(5-2)14-23-22(26)19-13-21(25-12-8-9-16(3)15-25)24-20-11-7-6-10-18(19)20/h6-7,10-11,13,16-17H,4-5,8-9,12,14-15H2,1-3H3,(H,23,26). The number of hydrogen-bond acceptors (Lipinski definition) is 3. The lowest BCUT2D eigenvalue weighted by Gasteiger charge is -2.32. The number of aromatic nitrogens is 1. The van der Waals surface area contributed by atoms with Crippen LogP contribution in [0.1, 0.15) is 56.8 Å². The van der Waals surface area contributed by atoms with E-state index in [2.05, 4.69) is 31.0 Å². The lowest BCUT2D eigenvalue weighted by atomic mass is 10.00. The molecule has 1 N–H and O–H groups in total. The summed E-state index contributed by atoms with van der Waals surface area (Å²) in [7, 11) is 0. The van der Waals surface area contributed by atoms with Gasteiger partial charge in [0.15, 0.2) is 0 Å². The highest BCUT2D eigenvalue weighted by Crippen LogP contribution is 2.26. The minimum Gasteiger partial charge on any atom is -0.356 e. The van der Waals surface area contributed by atoms with Crippen LogP contribution in [0.4, 0.5) is 5.82 Å². The number of carbonyl (C=O) groups excluding carboxylic acids is 1. The number of benzene rings is 1. The first-order valence-electron chi connectivity index (χ1n) is 10.0. The minimum atomic E-state index is 0.0156. The van der Waals surface area contributed by atoms with Crippen molar-refractivity contribution in [2.24, 2.45) is 11.8 Å². The predicted molar refractivity (Wildman–Crippen MR) is 109 cm³/mol. The summed E-state index contributed by atoms with van der Waals surface area (Å²) < 4.78 is 0. The van der Waals surface area contributed by atoms with E-state index in [1.807, 2.05) is 30.3 Å².